The highest BCUT2D eigenvalue weighted by Gasteiger charge is 2.48. The largest absolute Gasteiger partial charge is 0.468 e. The van der Waals surface area contributed by atoms with Crippen LogP contribution in [-0.2, 0) is 14.3 Å². The van der Waals surface area contributed by atoms with Crippen molar-refractivity contribution in [3.63, 3.8) is 0 Å². The van der Waals surface area contributed by atoms with Crippen LogP contribution in [0.2, 0.25) is 0 Å². The first-order valence-corrected chi connectivity index (χ1v) is 9.57. The number of methoxy groups -OCH3 is 1. The van der Waals surface area contributed by atoms with Crippen molar-refractivity contribution in [2.45, 2.75) is 59.5 Å². The number of carbonyl (C=O) groups excluding carboxylic acids is 2. The summed E-state index contributed by atoms with van der Waals surface area (Å²) in [6.45, 7) is 10.7. The van der Waals surface area contributed by atoms with E-state index in [4.69, 9.17) is 4.74 Å². The van der Waals surface area contributed by atoms with Crippen molar-refractivity contribution in [2.75, 3.05) is 18.7 Å². The molecule has 1 aromatic carbocycles. The smallest absolute Gasteiger partial charge is 0.323 e. The normalized spacial score (nSPS) is 19.5. The van der Waals surface area contributed by atoms with Gasteiger partial charge in [-0.2, -0.15) is 0 Å². The van der Waals surface area contributed by atoms with E-state index < -0.39 is 6.04 Å². The van der Waals surface area contributed by atoms with E-state index >= 15 is 0 Å². The second kappa shape index (κ2) is 8.67. The van der Waals surface area contributed by atoms with Gasteiger partial charge in [0.2, 0.25) is 5.91 Å². The molecule has 5 heteroatoms. The van der Waals surface area contributed by atoms with E-state index in [-0.39, 0.29) is 29.8 Å². The molecule has 5 nitrogen and oxygen atoms in total. The van der Waals surface area contributed by atoms with E-state index in [1.165, 1.54) is 7.11 Å². The van der Waals surface area contributed by atoms with E-state index in [1.807, 2.05) is 45.0 Å². The van der Waals surface area contributed by atoms with Crippen molar-refractivity contribution in [3.05, 3.63) is 29.8 Å². The average molecular weight is 360 g/mol. The Kier molecular flexibility index (Phi) is 6.81. The fourth-order valence-electron chi connectivity index (χ4n) is 3.94. The van der Waals surface area contributed by atoms with Gasteiger partial charge >= 0.3 is 5.97 Å². The SMILES string of the molecule is CCC(CC)C1C(=O)N(c2ccc(C)cc2)CN1C(C(=O)OC)C(C)C. The number of carbonyl (C=O) groups is 2. The van der Waals surface area contributed by atoms with Crippen molar-refractivity contribution in [1.82, 2.24) is 4.90 Å². The lowest BCUT2D eigenvalue weighted by atomic mass is 9.90. The van der Waals surface area contributed by atoms with Gasteiger partial charge in [0, 0.05) is 5.69 Å². The van der Waals surface area contributed by atoms with Crippen LogP contribution in [0.3, 0.4) is 0 Å². The summed E-state index contributed by atoms with van der Waals surface area (Å²) >= 11 is 0. The predicted molar refractivity (Wildman–Crippen MR) is 104 cm³/mol. The number of hydrogen-bond acceptors (Lipinski definition) is 4. The minimum absolute atomic E-state index is 0.0603. The molecular formula is C21H32N2O3. The molecule has 1 aliphatic heterocycles. The van der Waals surface area contributed by atoms with Gasteiger partial charge in [-0.25, -0.2) is 0 Å². The van der Waals surface area contributed by atoms with E-state index in [2.05, 4.69) is 18.7 Å². The van der Waals surface area contributed by atoms with Crippen LogP contribution in [0.15, 0.2) is 24.3 Å². The topological polar surface area (TPSA) is 49.9 Å². The lowest BCUT2D eigenvalue weighted by Gasteiger charge is -2.34. The van der Waals surface area contributed by atoms with Gasteiger partial charge in [0.1, 0.15) is 6.04 Å². The molecule has 26 heavy (non-hydrogen) atoms. The van der Waals surface area contributed by atoms with Gasteiger partial charge in [0.15, 0.2) is 0 Å². The predicted octanol–water partition coefficient (Wildman–Crippen LogP) is 3.60. The van der Waals surface area contributed by atoms with Crippen LogP contribution in [-0.4, -0.2) is 42.6 Å². The van der Waals surface area contributed by atoms with E-state index in [0.717, 1.165) is 24.1 Å². The van der Waals surface area contributed by atoms with Crippen LogP contribution in [0, 0.1) is 18.8 Å². The molecule has 0 aromatic heterocycles. The third-order valence-electron chi connectivity index (χ3n) is 5.45. The molecule has 1 aromatic rings. The molecule has 1 fully saturated rings. The minimum atomic E-state index is -0.426. The van der Waals surface area contributed by atoms with Gasteiger partial charge in [-0.05, 0) is 30.9 Å². The van der Waals surface area contributed by atoms with Gasteiger partial charge in [0.05, 0.1) is 19.8 Å². The Morgan fingerprint density at radius 2 is 1.77 bits per heavy atom. The Morgan fingerprint density at radius 3 is 2.23 bits per heavy atom. The Morgan fingerprint density at radius 1 is 1.19 bits per heavy atom. The molecule has 144 valence electrons. The van der Waals surface area contributed by atoms with Crippen LogP contribution in [0.1, 0.15) is 46.1 Å². The highest BCUT2D eigenvalue weighted by atomic mass is 16.5. The number of anilines is 1. The van der Waals surface area contributed by atoms with Gasteiger partial charge in [-0.3, -0.25) is 19.4 Å². The maximum Gasteiger partial charge on any atom is 0.323 e. The van der Waals surface area contributed by atoms with Crippen molar-refractivity contribution < 1.29 is 14.3 Å². The molecule has 0 saturated carbocycles. The zero-order valence-electron chi connectivity index (χ0n) is 16.9. The number of benzene rings is 1. The molecule has 0 spiro atoms. The second-order valence-corrected chi connectivity index (χ2v) is 7.49. The summed E-state index contributed by atoms with van der Waals surface area (Å²) in [5.74, 6) is 0.0838. The number of rotatable bonds is 7. The molecule has 2 unspecified atom stereocenters. The summed E-state index contributed by atoms with van der Waals surface area (Å²) in [5.41, 5.74) is 2.04. The molecule has 1 heterocycles. The van der Waals surface area contributed by atoms with Gasteiger partial charge in [0.25, 0.3) is 0 Å². The third-order valence-corrected chi connectivity index (χ3v) is 5.45. The standard InChI is InChI=1S/C21H32N2O3/c1-7-16(8-2)19-20(24)22(17-11-9-15(5)10-12-17)13-23(19)18(14(3)4)21(25)26-6/h9-12,14,16,18-19H,7-8,13H2,1-6H3. The van der Waals surface area contributed by atoms with Crippen molar-refractivity contribution in [1.29, 1.82) is 0 Å². The van der Waals surface area contributed by atoms with Crippen LogP contribution >= 0.6 is 0 Å². The van der Waals surface area contributed by atoms with E-state index in [1.54, 1.807) is 4.90 Å². The Balaban J connectivity index is 2.44. The Hall–Kier alpha value is -1.88. The molecule has 0 bridgehead atoms. The van der Waals surface area contributed by atoms with Gasteiger partial charge < -0.3 is 4.74 Å². The first-order valence-electron chi connectivity index (χ1n) is 9.57. The highest BCUT2D eigenvalue weighted by molar-refractivity contribution is 6.00. The van der Waals surface area contributed by atoms with E-state index in [0.29, 0.717) is 6.67 Å². The lowest BCUT2D eigenvalue weighted by Crippen LogP contribution is -2.51. The third kappa shape index (κ3) is 3.93. The maximum absolute atomic E-state index is 13.3. The monoisotopic (exact) mass is 360 g/mol. The van der Waals surface area contributed by atoms with Gasteiger partial charge in [-0.1, -0.05) is 58.2 Å². The summed E-state index contributed by atoms with van der Waals surface area (Å²) in [6.07, 6.45) is 1.80. The number of hydrogen-bond donors (Lipinski definition) is 0. The number of amides is 1. The van der Waals surface area contributed by atoms with E-state index in [9.17, 15) is 9.59 Å². The van der Waals surface area contributed by atoms with Crippen molar-refractivity contribution in [2.24, 2.45) is 11.8 Å². The fourth-order valence-corrected chi connectivity index (χ4v) is 3.94. The average Bonchev–Trinajstić information content (AvgIpc) is 2.94. The van der Waals surface area contributed by atoms with Crippen molar-refractivity contribution >= 4 is 17.6 Å². The molecule has 1 amide bonds. The quantitative estimate of drug-likeness (QED) is 0.697. The molecule has 1 saturated heterocycles. The first-order chi connectivity index (χ1) is 12.3. The summed E-state index contributed by atoms with van der Waals surface area (Å²) < 4.78 is 5.06. The summed E-state index contributed by atoms with van der Waals surface area (Å²) in [6, 6.07) is 7.25. The summed E-state index contributed by atoms with van der Waals surface area (Å²) in [7, 11) is 1.42. The maximum atomic E-state index is 13.3. The molecular weight excluding hydrogens is 328 g/mol. The molecule has 2 rings (SSSR count). The molecule has 0 aliphatic carbocycles. The minimum Gasteiger partial charge on any atom is -0.468 e. The van der Waals surface area contributed by atoms with Crippen LogP contribution in [0.4, 0.5) is 5.69 Å². The van der Waals surface area contributed by atoms with Gasteiger partial charge in [-0.15, -0.1) is 0 Å². The molecule has 0 radical (unpaired) electrons. The number of esters is 1. The first kappa shape index (κ1) is 20.4. The molecule has 1 aliphatic rings. The van der Waals surface area contributed by atoms with Crippen molar-refractivity contribution in [3.8, 4) is 0 Å². The zero-order valence-corrected chi connectivity index (χ0v) is 16.9. The zero-order chi connectivity index (χ0) is 19.4. The number of aryl methyl sites for hydroxylation is 1. The molecule has 2 atom stereocenters. The summed E-state index contributed by atoms with van der Waals surface area (Å²) in [4.78, 5) is 29.7. The van der Waals surface area contributed by atoms with Crippen LogP contribution < -0.4 is 4.90 Å². The Labute approximate surface area is 157 Å². The number of ether oxygens (including phenoxy) is 1. The fraction of sp³-hybridized carbons (Fsp3) is 0.619. The van der Waals surface area contributed by atoms with Crippen LogP contribution in [0.25, 0.3) is 0 Å². The highest BCUT2D eigenvalue weighted by Crippen LogP contribution is 2.33. The molecule has 0 N–H and O–H groups in total. The van der Waals surface area contributed by atoms with Crippen LogP contribution in [0.5, 0.6) is 0 Å². The lowest BCUT2D eigenvalue weighted by molar-refractivity contribution is -0.150. The second-order valence-electron chi connectivity index (χ2n) is 7.49. The summed E-state index contributed by atoms with van der Waals surface area (Å²) in [5, 5.41) is 0. The number of nitrogens with zero attached hydrogens (tertiary/aromatic N) is 2. The Bertz CT molecular complexity index is 623.